The Morgan fingerprint density at radius 1 is 1.67 bits per heavy atom. The van der Waals surface area contributed by atoms with Crippen LogP contribution in [0.2, 0.25) is 0 Å². The lowest BCUT2D eigenvalue weighted by molar-refractivity contribution is -0.152. The minimum absolute atomic E-state index is 0.00937. The van der Waals surface area contributed by atoms with E-state index < -0.39 is 0 Å². The van der Waals surface area contributed by atoms with Crippen LogP contribution in [0.3, 0.4) is 0 Å². The van der Waals surface area contributed by atoms with Crippen LogP contribution in [0.25, 0.3) is 0 Å². The van der Waals surface area contributed by atoms with Crippen molar-refractivity contribution in [2.75, 3.05) is 12.3 Å². The van der Waals surface area contributed by atoms with Crippen LogP contribution in [0.1, 0.15) is 20.3 Å². The molecule has 0 spiro atoms. The molecule has 0 aromatic rings. The molecule has 1 aliphatic rings. The van der Waals surface area contributed by atoms with Crippen molar-refractivity contribution in [2.24, 2.45) is 5.92 Å². The summed E-state index contributed by atoms with van der Waals surface area (Å²) < 4.78 is 8.40. The maximum atomic E-state index is 11.2. The van der Waals surface area contributed by atoms with Crippen LogP contribution in [0, 0.1) is 5.92 Å². The van der Waals surface area contributed by atoms with E-state index >= 15 is 0 Å². The number of esters is 1. The van der Waals surface area contributed by atoms with Gasteiger partial charge in [0.1, 0.15) is 6.10 Å². The lowest BCUT2D eigenvalue weighted by atomic mass is 10.2. The molecular formula is C8H15NO2S. The molecular weight excluding hydrogens is 174 g/mol. The third kappa shape index (κ3) is 3.03. The molecule has 1 N–H and O–H groups in total. The molecule has 4 heteroatoms. The van der Waals surface area contributed by atoms with Crippen LogP contribution in [0.5, 0.6) is 0 Å². The molecule has 0 aromatic heterocycles. The molecule has 0 aliphatic carbocycles. The second-order valence-electron chi connectivity index (χ2n) is 3.21. The molecule has 3 nitrogen and oxygen atoms in total. The summed E-state index contributed by atoms with van der Waals surface area (Å²) >= 11 is 1.63. The Morgan fingerprint density at radius 2 is 2.42 bits per heavy atom. The highest BCUT2D eigenvalue weighted by Crippen LogP contribution is 2.13. The van der Waals surface area contributed by atoms with Gasteiger partial charge in [0.15, 0.2) is 0 Å². The molecule has 70 valence electrons. The average Bonchev–Trinajstić information content (AvgIpc) is 2.06. The topological polar surface area (TPSA) is 38.3 Å². The van der Waals surface area contributed by atoms with E-state index in [1.165, 1.54) is 0 Å². The molecule has 1 fully saturated rings. The molecule has 0 aromatic carbocycles. The second-order valence-corrected chi connectivity index (χ2v) is 4.12. The van der Waals surface area contributed by atoms with Crippen LogP contribution in [-0.4, -0.2) is 24.4 Å². The van der Waals surface area contributed by atoms with Gasteiger partial charge in [-0.15, -0.1) is 0 Å². The van der Waals surface area contributed by atoms with Gasteiger partial charge in [0, 0.05) is 12.3 Å². The first-order valence-electron chi connectivity index (χ1n) is 4.25. The SMILES string of the molecule is CC(C)C(=O)OC1CCNSC1. The van der Waals surface area contributed by atoms with Gasteiger partial charge in [0.05, 0.1) is 5.92 Å². The average molecular weight is 189 g/mol. The third-order valence-electron chi connectivity index (χ3n) is 1.69. The summed E-state index contributed by atoms with van der Waals surface area (Å²) in [5.74, 6) is 0.783. The number of rotatable bonds is 2. The Bertz CT molecular complexity index is 155. The van der Waals surface area contributed by atoms with Crippen molar-refractivity contribution < 1.29 is 9.53 Å². The zero-order chi connectivity index (χ0) is 8.97. The number of ether oxygens (including phenoxy) is 1. The standard InChI is InChI=1S/C8H15NO2S/c1-6(2)8(10)11-7-3-4-9-12-5-7/h6-7,9H,3-5H2,1-2H3. The van der Waals surface area contributed by atoms with Crippen LogP contribution >= 0.6 is 11.9 Å². The molecule has 12 heavy (non-hydrogen) atoms. The molecule has 0 radical (unpaired) electrons. The van der Waals surface area contributed by atoms with Gasteiger partial charge in [-0.3, -0.25) is 9.52 Å². The van der Waals surface area contributed by atoms with Gasteiger partial charge in [0.25, 0.3) is 0 Å². The predicted molar refractivity (Wildman–Crippen MR) is 49.8 cm³/mol. The van der Waals surface area contributed by atoms with Crippen LogP contribution in [0.4, 0.5) is 0 Å². The summed E-state index contributed by atoms with van der Waals surface area (Å²) in [5, 5.41) is 0. The summed E-state index contributed by atoms with van der Waals surface area (Å²) in [6, 6.07) is 0. The van der Waals surface area contributed by atoms with Gasteiger partial charge in [-0.2, -0.15) is 0 Å². The van der Waals surface area contributed by atoms with E-state index in [1.807, 2.05) is 13.8 Å². The summed E-state index contributed by atoms with van der Waals surface area (Å²) in [5.41, 5.74) is 0. The summed E-state index contributed by atoms with van der Waals surface area (Å²) in [7, 11) is 0. The zero-order valence-electron chi connectivity index (χ0n) is 7.50. The fourth-order valence-electron chi connectivity index (χ4n) is 0.921. The first-order valence-corrected chi connectivity index (χ1v) is 5.24. The number of nitrogens with one attached hydrogen (secondary N) is 1. The molecule has 1 unspecified atom stereocenters. The molecule has 0 bridgehead atoms. The maximum absolute atomic E-state index is 11.2. The molecule has 1 saturated heterocycles. The van der Waals surface area contributed by atoms with Crippen molar-refractivity contribution in [2.45, 2.75) is 26.4 Å². The van der Waals surface area contributed by atoms with Crippen molar-refractivity contribution in [1.82, 2.24) is 4.72 Å². The van der Waals surface area contributed by atoms with Crippen molar-refractivity contribution in [3.8, 4) is 0 Å². The minimum atomic E-state index is -0.0810. The Morgan fingerprint density at radius 3 is 2.92 bits per heavy atom. The molecule has 1 heterocycles. The van der Waals surface area contributed by atoms with E-state index in [0.29, 0.717) is 0 Å². The van der Waals surface area contributed by atoms with E-state index in [1.54, 1.807) is 11.9 Å². The summed E-state index contributed by atoms with van der Waals surface area (Å²) in [6.45, 7) is 4.65. The Balaban J connectivity index is 2.24. The van der Waals surface area contributed by atoms with E-state index in [0.717, 1.165) is 18.7 Å². The lowest BCUT2D eigenvalue weighted by Gasteiger charge is -2.22. The minimum Gasteiger partial charge on any atom is -0.461 e. The quantitative estimate of drug-likeness (QED) is 0.523. The number of carbonyl (C=O) groups excluding carboxylic acids is 1. The number of hydrogen-bond donors (Lipinski definition) is 1. The monoisotopic (exact) mass is 189 g/mol. The van der Waals surface area contributed by atoms with Crippen molar-refractivity contribution >= 4 is 17.9 Å². The lowest BCUT2D eigenvalue weighted by Crippen LogP contribution is -2.31. The highest BCUT2D eigenvalue weighted by molar-refractivity contribution is 7.97. The van der Waals surface area contributed by atoms with Gasteiger partial charge in [-0.1, -0.05) is 25.8 Å². The largest absolute Gasteiger partial charge is 0.461 e. The van der Waals surface area contributed by atoms with Crippen LogP contribution in [-0.2, 0) is 9.53 Å². The fraction of sp³-hybridized carbons (Fsp3) is 0.875. The predicted octanol–water partition coefficient (Wildman–Crippen LogP) is 1.20. The number of carbonyl (C=O) groups is 1. The summed E-state index contributed by atoms with van der Waals surface area (Å²) in [6.07, 6.45) is 1.05. The fourth-order valence-corrected chi connectivity index (χ4v) is 1.72. The highest BCUT2D eigenvalue weighted by atomic mass is 32.2. The summed E-state index contributed by atoms with van der Waals surface area (Å²) in [4.78, 5) is 11.2. The van der Waals surface area contributed by atoms with Crippen LogP contribution < -0.4 is 4.72 Å². The third-order valence-corrected chi connectivity index (χ3v) is 2.64. The first-order chi connectivity index (χ1) is 5.70. The molecule has 0 saturated carbocycles. The first kappa shape index (κ1) is 9.86. The van der Waals surface area contributed by atoms with Crippen LogP contribution in [0.15, 0.2) is 0 Å². The zero-order valence-corrected chi connectivity index (χ0v) is 8.32. The van der Waals surface area contributed by atoms with Gasteiger partial charge in [-0.25, -0.2) is 0 Å². The Hall–Kier alpha value is -0.220. The Labute approximate surface area is 77.4 Å². The van der Waals surface area contributed by atoms with Crippen molar-refractivity contribution in [3.05, 3.63) is 0 Å². The van der Waals surface area contributed by atoms with Gasteiger partial charge in [-0.05, 0) is 6.42 Å². The molecule has 1 aliphatic heterocycles. The van der Waals surface area contributed by atoms with E-state index in [4.69, 9.17) is 4.74 Å². The van der Waals surface area contributed by atoms with E-state index in [2.05, 4.69) is 4.72 Å². The Kier molecular flexibility index (Phi) is 3.88. The smallest absolute Gasteiger partial charge is 0.308 e. The number of hydrogen-bond acceptors (Lipinski definition) is 4. The normalized spacial score (nSPS) is 24.1. The van der Waals surface area contributed by atoms with Gasteiger partial charge in [0.2, 0.25) is 0 Å². The molecule has 1 atom stereocenters. The van der Waals surface area contributed by atoms with Gasteiger partial charge < -0.3 is 4.74 Å². The van der Waals surface area contributed by atoms with Crippen molar-refractivity contribution in [3.63, 3.8) is 0 Å². The van der Waals surface area contributed by atoms with E-state index in [9.17, 15) is 4.79 Å². The second kappa shape index (κ2) is 4.72. The highest BCUT2D eigenvalue weighted by Gasteiger charge is 2.19. The van der Waals surface area contributed by atoms with E-state index in [-0.39, 0.29) is 18.0 Å². The maximum Gasteiger partial charge on any atom is 0.308 e. The van der Waals surface area contributed by atoms with Gasteiger partial charge >= 0.3 is 5.97 Å². The molecule has 0 amide bonds. The van der Waals surface area contributed by atoms with Crippen molar-refractivity contribution in [1.29, 1.82) is 0 Å². The molecule has 1 rings (SSSR count).